The molecular weight excluding hydrogens is 154 g/mol. The van der Waals surface area contributed by atoms with E-state index >= 15 is 0 Å². The van der Waals surface area contributed by atoms with Crippen molar-refractivity contribution in [2.45, 2.75) is 12.5 Å². The second kappa shape index (κ2) is 2.59. The van der Waals surface area contributed by atoms with E-state index in [4.69, 9.17) is 5.11 Å². The average molecular weight is 167 g/mol. The molecule has 3 nitrogen and oxygen atoms in total. The largest absolute Gasteiger partial charge is 0.481 e. The minimum absolute atomic E-state index is 0.150. The van der Waals surface area contributed by atoms with Gasteiger partial charge in [-0.2, -0.15) is 0 Å². The van der Waals surface area contributed by atoms with E-state index in [0.717, 1.165) is 6.42 Å². The summed E-state index contributed by atoms with van der Waals surface area (Å²) >= 11 is 0. The second-order valence-corrected chi connectivity index (χ2v) is 3.63. The van der Waals surface area contributed by atoms with Crippen LogP contribution in [-0.4, -0.2) is 24.2 Å². The molecule has 3 heteroatoms. The third kappa shape index (κ3) is 0.894. The molecule has 2 rings (SSSR count). The summed E-state index contributed by atoms with van der Waals surface area (Å²) in [5.41, 5.74) is 0. The number of carboxylic acids is 1. The molecule has 0 aromatic carbocycles. The van der Waals surface area contributed by atoms with E-state index in [-0.39, 0.29) is 17.9 Å². The van der Waals surface area contributed by atoms with E-state index in [9.17, 15) is 4.79 Å². The first-order chi connectivity index (χ1) is 5.74. The lowest BCUT2D eigenvalue weighted by atomic mass is 9.89. The van der Waals surface area contributed by atoms with Crippen molar-refractivity contribution in [1.82, 2.24) is 5.32 Å². The molecule has 12 heavy (non-hydrogen) atoms. The Morgan fingerprint density at radius 2 is 2.17 bits per heavy atom. The Kier molecular flexibility index (Phi) is 1.68. The van der Waals surface area contributed by atoms with Crippen LogP contribution in [-0.2, 0) is 4.79 Å². The predicted octanol–water partition coefficient (Wildman–Crippen LogP) is 0.481. The van der Waals surface area contributed by atoms with E-state index in [2.05, 4.69) is 17.5 Å². The highest BCUT2D eigenvalue weighted by Gasteiger charge is 2.47. The fourth-order valence-electron chi connectivity index (χ4n) is 2.55. The van der Waals surface area contributed by atoms with Crippen molar-refractivity contribution in [2.24, 2.45) is 17.8 Å². The van der Waals surface area contributed by atoms with Crippen molar-refractivity contribution in [1.29, 1.82) is 0 Å². The second-order valence-electron chi connectivity index (χ2n) is 3.63. The van der Waals surface area contributed by atoms with E-state index in [1.54, 1.807) is 0 Å². The lowest BCUT2D eigenvalue weighted by Crippen LogP contribution is -2.40. The van der Waals surface area contributed by atoms with Gasteiger partial charge in [-0.3, -0.25) is 4.79 Å². The van der Waals surface area contributed by atoms with Crippen LogP contribution < -0.4 is 5.32 Å². The smallest absolute Gasteiger partial charge is 0.308 e. The van der Waals surface area contributed by atoms with Gasteiger partial charge in [0.05, 0.1) is 5.92 Å². The van der Waals surface area contributed by atoms with Crippen LogP contribution >= 0.6 is 0 Å². The van der Waals surface area contributed by atoms with Gasteiger partial charge in [0.25, 0.3) is 0 Å². The van der Waals surface area contributed by atoms with Crippen LogP contribution in [0.4, 0.5) is 0 Å². The first-order valence-electron chi connectivity index (χ1n) is 4.32. The van der Waals surface area contributed by atoms with Crippen LogP contribution in [0.1, 0.15) is 6.42 Å². The maximum Gasteiger partial charge on any atom is 0.308 e. The topological polar surface area (TPSA) is 49.3 Å². The average Bonchev–Trinajstić information content (AvgIpc) is 2.60. The summed E-state index contributed by atoms with van der Waals surface area (Å²) in [6.07, 6.45) is 5.21. The van der Waals surface area contributed by atoms with Gasteiger partial charge in [-0.15, -0.1) is 0 Å². The van der Waals surface area contributed by atoms with E-state index < -0.39 is 5.97 Å². The zero-order valence-electron chi connectivity index (χ0n) is 7.03. The molecule has 0 heterocycles. The van der Waals surface area contributed by atoms with Crippen molar-refractivity contribution in [3.63, 3.8) is 0 Å². The molecule has 2 N–H and O–H groups in total. The number of carbonyl (C=O) groups is 1. The normalized spacial score (nSPS) is 43.8. The molecule has 0 amide bonds. The molecule has 0 aromatic heterocycles. The lowest BCUT2D eigenvalue weighted by Gasteiger charge is -2.23. The van der Waals surface area contributed by atoms with Crippen molar-refractivity contribution in [3.05, 3.63) is 12.2 Å². The summed E-state index contributed by atoms with van der Waals surface area (Å²) in [7, 11) is 1.84. The first kappa shape index (κ1) is 7.80. The molecule has 0 unspecified atom stereocenters. The van der Waals surface area contributed by atoms with Gasteiger partial charge in [-0.25, -0.2) is 0 Å². The number of rotatable bonds is 2. The SMILES string of the molecule is CN[C@@H]1[C@H](C(=O)O)[C@@H]2C=C[C@H]1C2. The highest BCUT2D eigenvalue weighted by Crippen LogP contribution is 2.43. The fourth-order valence-corrected chi connectivity index (χ4v) is 2.55. The maximum absolute atomic E-state index is 10.9. The Morgan fingerprint density at radius 1 is 1.50 bits per heavy atom. The van der Waals surface area contributed by atoms with Crippen molar-refractivity contribution >= 4 is 5.97 Å². The number of carboxylic acid groups (broad SMARTS) is 1. The van der Waals surface area contributed by atoms with Gasteiger partial charge in [0, 0.05) is 6.04 Å². The quantitative estimate of drug-likeness (QED) is 0.588. The Bertz CT molecular complexity index is 237. The molecule has 66 valence electrons. The third-order valence-electron chi connectivity index (χ3n) is 3.08. The number of hydrogen-bond acceptors (Lipinski definition) is 2. The molecule has 2 aliphatic carbocycles. The maximum atomic E-state index is 10.9. The molecule has 0 aliphatic heterocycles. The minimum Gasteiger partial charge on any atom is -0.481 e. The molecule has 2 aliphatic rings. The summed E-state index contributed by atoms with van der Waals surface area (Å²) < 4.78 is 0. The van der Waals surface area contributed by atoms with E-state index in [1.807, 2.05) is 7.05 Å². The number of hydrogen-bond donors (Lipinski definition) is 2. The Labute approximate surface area is 71.5 Å². The standard InChI is InChI=1S/C9H13NO2/c1-10-8-6-3-2-5(4-6)7(8)9(11)12/h2-3,5-8,10H,4H2,1H3,(H,11,12)/t5-,6+,7-,8+/m1/s1. The predicted molar refractivity (Wildman–Crippen MR) is 44.7 cm³/mol. The summed E-state index contributed by atoms with van der Waals surface area (Å²) in [4.78, 5) is 10.9. The fraction of sp³-hybridized carbons (Fsp3) is 0.667. The number of aliphatic carboxylic acids is 1. The van der Waals surface area contributed by atoms with Gasteiger partial charge in [0.2, 0.25) is 0 Å². The van der Waals surface area contributed by atoms with Crippen molar-refractivity contribution in [2.75, 3.05) is 7.05 Å². The Balaban J connectivity index is 2.23. The summed E-state index contributed by atoms with van der Waals surface area (Å²) in [5.74, 6) is -0.151. The monoisotopic (exact) mass is 167 g/mol. The summed E-state index contributed by atoms with van der Waals surface area (Å²) in [5, 5.41) is 12.1. The van der Waals surface area contributed by atoms with Crippen molar-refractivity contribution < 1.29 is 9.90 Å². The molecule has 0 spiro atoms. The summed E-state index contributed by atoms with van der Waals surface area (Å²) in [6, 6.07) is 0.150. The zero-order valence-corrected chi connectivity index (χ0v) is 7.03. The molecule has 1 saturated carbocycles. The van der Waals surface area contributed by atoms with Gasteiger partial charge in [-0.1, -0.05) is 12.2 Å². The summed E-state index contributed by atoms with van der Waals surface area (Å²) in [6.45, 7) is 0. The van der Waals surface area contributed by atoms with Gasteiger partial charge in [-0.05, 0) is 25.3 Å². The number of allylic oxidation sites excluding steroid dienone is 1. The minimum atomic E-state index is -0.661. The van der Waals surface area contributed by atoms with E-state index in [0.29, 0.717) is 5.92 Å². The Morgan fingerprint density at radius 3 is 2.67 bits per heavy atom. The highest BCUT2D eigenvalue weighted by molar-refractivity contribution is 5.73. The van der Waals surface area contributed by atoms with Crippen LogP contribution in [0.25, 0.3) is 0 Å². The molecule has 2 bridgehead atoms. The third-order valence-corrected chi connectivity index (χ3v) is 3.08. The zero-order chi connectivity index (χ0) is 8.72. The molecule has 0 radical (unpaired) electrons. The molecule has 1 fully saturated rings. The molecule has 0 aromatic rings. The van der Waals surface area contributed by atoms with Crippen LogP contribution in [0.2, 0.25) is 0 Å². The molecular formula is C9H13NO2. The molecule has 4 atom stereocenters. The van der Waals surface area contributed by atoms with Gasteiger partial charge < -0.3 is 10.4 Å². The van der Waals surface area contributed by atoms with Gasteiger partial charge >= 0.3 is 5.97 Å². The number of fused-ring (bicyclic) bond motifs is 2. The van der Waals surface area contributed by atoms with Crippen LogP contribution in [0.15, 0.2) is 12.2 Å². The highest BCUT2D eigenvalue weighted by atomic mass is 16.4. The Hall–Kier alpha value is -0.830. The van der Waals surface area contributed by atoms with Crippen LogP contribution in [0.3, 0.4) is 0 Å². The van der Waals surface area contributed by atoms with Gasteiger partial charge in [0.15, 0.2) is 0 Å². The lowest BCUT2D eigenvalue weighted by molar-refractivity contribution is -0.143. The first-order valence-corrected chi connectivity index (χ1v) is 4.32. The van der Waals surface area contributed by atoms with Gasteiger partial charge in [0.1, 0.15) is 0 Å². The van der Waals surface area contributed by atoms with Crippen LogP contribution in [0, 0.1) is 17.8 Å². The van der Waals surface area contributed by atoms with Crippen molar-refractivity contribution in [3.8, 4) is 0 Å². The van der Waals surface area contributed by atoms with Crippen LogP contribution in [0.5, 0.6) is 0 Å². The molecule has 0 saturated heterocycles. The number of nitrogens with one attached hydrogen (secondary N) is 1. The van der Waals surface area contributed by atoms with E-state index in [1.165, 1.54) is 0 Å².